The van der Waals surface area contributed by atoms with E-state index in [0.717, 1.165) is 13.0 Å². The molecule has 0 N–H and O–H groups in total. The molecule has 0 unspecified atom stereocenters. The summed E-state index contributed by atoms with van der Waals surface area (Å²) >= 11 is 0. The SMILES string of the molecule is CC=C(CCCCCCCCC)OCCCCCCCCCC. The molecule has 0 aliphatic carbocycles. The van der Waals surface area contributed by atoms with Gasteiger partial charge in [0.1, 0.15) is 0 Å². The topological polar surface area (TPSA) is 9.23 Å². The predicted molar refractivity (Wildman–Crippen MR) is 105 cm³/mol. The summed E-state index contributed by atoms with van der Waals surface area (Å²) in [5.41, 5.74) is 0. The molecule has 0 aliphatic heterocycles. The van der Waals surface area contributed by atoms with Crippen molar-refractivity contribution in [2.45, 2.75) is 124 Å². The van der Waals surface area contributed by atoms with E-state index in [2.05, 4.69) is 26.8 Å². The molecule has 1 nitrogen and oxygen atoms in total. The first kappa shape index (κ1) is 22.5. The Morgan fingerprint density at radius 2 is 1.04 bits per heavy atom. The molecule has 0 saturated carbocycles. The van der Waals surface area contributed by atoms with Gasteiger partial charge >= 0.3 is 0 Å². The van der Waals surface area contributed by atoms with E-state index >= 15 is 0 Å². The van der Waals surface area contributed by atoms with Crippen LogP contribution in [0, 0.1) is 0 Å². The van der Waals surface area contributed by atoms with E-state index in [1.807, 2.05) is 0 Å². The van der Waals surface area contributed by atoms with E-state index in [1.54, 1.807) is 0 Å². The molecule has 1 heteroatoms. The lowest BCUT2D eigenvalue weighted by Crippen LogP contribution is -1.96. The minimum atomic E-state index is 0.922. The van der Waals surface area contributed by atoms with Gasteiger partial charge in [-0.25, -0.2) is 0 Å². The molecule has 0 heterocycles. The van der Waals surface area contributed by atoms with Crippen LogP contribution in [0.3, 0.4) is 0 Å². The normalized spacial score (nSPS) is 11.9. The zero-order valence-corrected chi connectivity index (χ0v) is 16.5. The van der Waals surface area contributed by atoms with Gasteiger partial charge in [0, 0.05) is 6.42 Å². The molecule has 0 aromatic rings. The van der Waals surface area contributed by atoms with Crippen LogP contribution in [0.25, 0.3) is 0 Å². The van der Waals surface area contributed by atoms with E-state index in [-0.39, 0.29) is 0 Å². The summed E-state index contributed by atoms with van der Waals surface area (Å²) in [6, 6.07) is 0. The number of unbranched alkanes of at least 4 members (excludes halogenated alkanes) is 13. The Kier molecular flexibility index (Phi) is 19.2. The largest absolute Gasteiger partial charge is 0.498 e. The van der Waals surface area contributed by atoms with Gasteiger partial charge < -0.3 is 4.74 Å². The fraction of sp³-hybridized carbons (Fsp3) is 0.909. The number of rotatable bonds is 18. The first-order valence-electron chi connectivity index (χ1n) is 10.6. The van der Waals surface area contributed by atoms with E-state index in [9.17, 15) is 0 Å². The summed E-state index contributed by atoms with van der Waals surface area (Å²) in [6.45, 7) is 7.60. The van der Waals surface area contributed by atoms with Crippen molar-refractivity contribution in [2.75, 3.05) is 6.61 Å². The van der Waals surface area contributed by atoms with Crippen LogP contribution in [0.15, 0.2) is 11.8 Å². The van der Waals surface area contributed by atoms with Gasteiger partial charge in [0.05, 0.1) is 12.4 Å². The highest BCUT2D eigenvalue weighted by atomic mass is 16.5. The van der Waals surface area contributed by atoms with E-state index < -0.39 is 0 Å². The Labute approximate surface area is 147 Å². The second-order valence-electron chi connectivity index (χ2n) is 6.95. The molecule has 0 aliphatic rings. The Morgan fingerprint density at radius 1 is 0.609 bits per heavy atom. The maximum absolute atomic E-state index is 5.94. The van der Waals surface area contributed by atoms with Crippen molar-refractivity contribution in [1.82, 2.24) is 0 Å². The summed E-state index contributed by atoms with van der Waals surface area (Å²) in [4.78, 5) is 0. The van der Waals surface area contributed by atoms with Crippen LogP contribution in [-0.4, -0.2) is 6.61 Å². The molecular formula is C22H44O. The summed E-state index contributed by atoms with van der Waals surface area (Å²) in [6.07, 6.45) is 23.9. The molecule has 0 rings (SSSR count). The van der Waals surface area contributed by atoms with Crippen molar-refractivity contribution in [1.29, 1.82) is 0 Å². The standard InChI is InChI=1S/C22H44O/c1-4-7-9-11-13-15-17-19-21-23-22(6-3)20-18-16-14-12-10-8-5-2/h6H,4-5,7-21H2,1-3H3. The molecule has 0 fully saturated rings. The minimum absolute atomic E-state index is 0.922. The van der Waals surface area contributed by atoms with Crippen LogP contribution in [0.5, 0.6) is 0 Å². The van der Waals surface area contributed by atoms with Crippen LogP contribution >= 0.6 is 0 Å². The fourth-order valence-corrected chi connectivity index (χ4v) is 3.00. The Balaban J connectivity index is 3.32. The Morgan fingerprint density at radius 3 is 1.52 bits per heavy atom. The summed E-state index contributed by atoms with van der Waals surface area (Å²) in [5, 5.41) is 0. The van der Waals surface area contributed by atoms with Gasteiger partial charge in [-0.15, -0.1) is 0 Å². The smallest absolute Gasteiger partial charge is 0.0917 e. The summed E-state index contributed by atoms with van der Waals surface area (Å²) in [5.74, 6) is 1.22. The minimum Gasteiger partial charge on any atom is -0.498 e. The zero-order chi connectivity index (χ0) is 17.0. The lowest BCUT2D eigenvalue weighted by Gasteiger charge is -2.10. The Hall–Kier alpha value is -0.460. The second kappa shape index (κ2) is 19.6. The number of hydrogen-bond donors (Lipinski definition) is 0. The van der Waals surface area contributed by atoms with Crippen molar-refractivity contribution in [3.05, 3.63) is 11.8 Å². The molecule has 138 valence electrons. The van der Waals surface area contributed by atoms with Crippen LogP contribution < -0.4 is 0 Å². The molecule has 0 saturated heterocycles. The average Bonchev–Trinajstić information content (AvgIpc) is 2.57. The van der Waals surface area contributed by atoms with Crippen LogP contribution in [-0.2, 0) is 4.74 Å². The molecular weight excluding hydrogens is 280 g/mol. The Bertz CT molecular complexity index is 244. The molecule has 23 heavy (non-hydrogen) atoms. The van der Waals surface area contributed by atoms with Gasteiger partial charge in [-0.2, -0.15) is 0 Å². The van der Waals surface area contributed by atoms with Gasteiger partial charge in [-0.1, -0.05) is 97.3 Å². The number of allylic oxidation sites excluding steroid dienone is 2. The molecule has 0 aromatic carbocycles. The highest BCUT2D eigenvalue weighted by molar-refractivity contribution is 4.90. The maximum Gasteiger partial charge on any atom is 0.0917 e. The van der Waals surface area contributed by atoms with Crippen molar-refractivity contribution >= 4 is 0 Å². The third kappa shape index (κ3) is 17.7. The lowest BCUT2D eigenvalue weighted by atomic mass is 10.1. The van der Waals surface area contributed by atoms with E-state index in [0.29, 0.717) is 0 Å². The molecule has 0 spiro atoms. The molecule has 0 radical (unpaired) electrons. The van der Waals surface area contributed by atoms with Gasteiger partial charge in [0.25, 0.3) is 0 Å². The lowest BCUT2D eigenvalue weighted by molar-refractivity contribution is 0.193. The van der Waals surface area contributed by atoms with Crippen molar-refractivity contribution < 1.29 is 4.74 Å². The van der Waals surface area contributed by atoms with E-state index in [4.69, 9.17) is 4.74 Å². The van der Waals surface area contributed by atoms with Gasteiger partial charge in [-0.3, -0.25) is 0 Å². The third-order valence-corrected chi connectivity index (χ3v) is 4.63. The highest BCUT2D eigenvalue weighted by Crippen LogP contribution is 2.14. The highest BCUT2D eigenvalue weighted by Gasteiger charge is 1.99. The quantitative estimate of drug-likeness (QED) is 0.182. The zero-order valence-electron chi connectivity index (χ0n) is 16.5. The maximum atomic E-state index is 5.94. The van der Waals surface area contributed by atoms with Crippen molar-refractivity contribution in [3.8, 4) is 0 Å². The molecule has 0 bridgehead atoms. The first-order chi connectivity index (χ1) is 11.3. The number of hydrogen-bond acceptors (Lipinski definition) is 1. The van der Waals surface area contributed by atoms with Gasteiger partial charge in [-0.05, 0) is 25.8 Å². The van der Waals surface area contributed by atoms with Crippen LogP contribution in [0.2, 0.25) is 0 Å². The number of ether oxygens (including phenoxy) is 1. The van der Waals surface area contributed by atoms with Gasteiger partial charge in [0.15, 0.2) is 0 Å². The fourth-order valence-electron chi connectivity index (χ4n) is 3.00. The predicted octanol–water partition coefficient (Wildman–Crippen LogP) is 8.19. The monoisotopic (exact) mass is 324 g/mol. The molecule has 0 amide bonds. The van der Waals surface area contributed by atoms with Gasteiger partial charge in [0.2, 0.25) is 0 Å². The van der Waals surface area contributed by atoms with Crippen molar-refractivity contribution in [3.63, 3.8) is 0 Å². The van der Waals surface area contributed by atoms with Crippen molar-refractivity contribution in [2.24, 2.45) is 0 Å². The first-order valence-corrected chi connectivity index (χ1v) is 10.6. The van der Waals surface area contributed by atoms with E-state index in [1.165, 1.54) is 102 Å². The molecule has 0 atom stereocenters. The second-order valence-corrected chi connectivity index (χ2v) is 6.95. The average molecular weight is 325 g/mol. The van der Waals surface area contributed by atoms with Crippen LogP contribution in [0.1, 0.15) is 124 Å². The summed E-state index contributed by atoms with van der Waals surface area (Å²) in [7, 11) is 0. The molecule has 0 aromatic heterocycles. The summed E-state index contributed by atoms with van der Waals surface area (Å²) < 4.78 is 5.94. The van der Waals surface area contributed by atoms with Crippen LogP contribution in [0.4, 0.5) is 0 Å². The third-order valence-electron chi connectivity index (χ3n) is 4.63.